The predicted octanol–water partition coefficient (Wildman–Crippen LogP) is 6.35. The lowest BCUT2D eigenvalue weighted by Crippen LogP contribution is -2.74. The molecule has 0 radical (unpaired) electrons. The van der Waals surface area contributed by atoms with E-state index in [1.165, 1.54) is 68.0 Å². The fourth-order valence-electron chi connectivity index (χ4n) is 10.6. The van der Waals surface area contributed by atoms with E-state index in [-0.39, 0.29) is 17.9 Å². The normalized spacial score (nSPS) is 29.2. The van der Waals surface area contributed by atoms with E-state index in [9.17, 15) is 10.2 Å². The molecular weight excluding hydrogens is 544 g/mol. The number of aromatic hydroxyl groups is 1. The maximum absolute atomic E-state index is 13.4. The highest BCUT2D eigenvalue weighted by molar-refractivity contribution is 6.11. The number of ether oxygens (including phenoxy) is 1. The summed E-state index contributed by atoms with van der Waals surface area (Å²) >= 11 is 0. The van der Waals surface area contributed by atoms with Gasteiger partial charge in [-0.05, 0) is 96.3 Å². The minimum Gasteiger partial charge on any atom is -0.504 e. The average Bonchev–Trinajstić information content (AvgIpc) is 3.53. The molecule has 5 nitrogen and oxygen atoms in total. The van der Waals surface area contributed by atoms with Crippen LogP contribution in [0.1, 0.15) is 64.4 Å². The van der Waals surface area contributed by atoms with Crippen molar-refractivity contribution < 1.29 is 14.9 Å². The molecule has 1 saturated heterocycles. The summed E-state index contributed by atoms with van der Waals surface area (Å²) in [5, 5.41) is 28.7. The molecule has 1 spiro atoms. The van der Waals surface area contributed by atoms with Crippen molar-refractivity contribution in [1.82, 2.24) is 9.47 Å². The van der Waals surface area contributed by atoms with Crippen LogP contribution in [0.4, 0.5) is 0 Å². The van der Waals surface area contributed by atoms with Crippen LogP contribution in [0.2, 0.25) is 0 Å². The number of fused-ring (bicyclic) bond motifs is 5. The first-order chi connectivity index (χ1) is 21.5. The second kappa shape index (κ2) is 8.07. The van der Waals surface area contributed by atoms with Crippen molar-refractivity contribution in [2.24, 2.45) is 5.92 Å². The Balaban J connectivity index is 1.24. The van der Waals surface area contributed by atoms with Gasteiger partial charge in [0.1, 0.15) is 0 Å². The Morgan fingerprint density at radius 1 is 0.909 bits per heavy atom. The van der Waals surface area contributed by atoms with Crippen LogP contribution in [0.5, 0.6) is 11.5 Å². The molecule has 4 aliphatic carbocycles. The molecule has 11 rings (SSSR count). The minimum absolute atomic E-state index is 0.0360. The van der Waals surface area contributed by atoms with Gasteiger partial charge in [0.2, 0.25) is 0 Å². The number of rotatable bonds is 4. The SMILES string of the molecule is Oc1ccc2c3c1OC1c4c(c5cc6c7c(cccc7c5n4Cc4ccccc4)CC6)CC4(O)[C@@H](C2)N(CC2CC2)CC[C@]314. The Morgan fingerprint density at radius 2 is 1.77 bits per heavy atom. The van der Waals surface area contributed by atoms with E-state index in [1.807, 2.05) is 6.07 Å². The fraction of sp³-hybridized carbons (Fsp3) is 0.385. The Labute approximate surface area is 256 Å². The van der Waals surface area contributed by atoms with Gasteiger partial charge in [0, 0.05) is 41.9 Å². The van der Waals surface area contributed by atoms with E-state index in [0.29, 0.717) is 12.2 Å². The summed E-state index contributed by atoms with van der Waals surface area (Å²) in [5.41, 5.74) is 8.63. The Hall–Kier alpha value is -3.80. The number of likely N-dealkylation sites (tertiary alicyclic amines) is 1. The summed E-state index contributed by atoms with van der Waals surface area (Å²) in [5.74, 6) is 1.57. The van der Waals surface area contributed by atoms with Crippen molar-refractivity contribution in [2.45, 2.75) is 74.7 Å². The number of phenolic OH excluding ortho intramolecular Hbond substituents is 1. The molecule has 2 aliphatic heterocycles. The van der Waals surface area contributed by atoms with Crippen LogP contribution >= 0.6 is 0 Å². The maximum atomic E-state index is 13.4. The van der Waals surface area contributed by atoms with Crippen LogP contribution in [0.25, 0.3) is 21.7 Å². The molecular formula is C39H36N2O3. The van der Waals surface area contributed by atoms with Crippen LogP contribution in [0, 0.1) is 5.92 Å². The molecule has 4 aromatic carbocycles. The zero-order valence-corrected chi connectivity index (χ0v) is 24.9. The van der Waals surface area contributed by atoms with Crippen LogP contribution in [0.3, 0.4) is 0 Å². The van der Waals surface area contributed by atoms with Gasteiger partial charge in [0.25, 0.3) is 0 Å². The standard InChI is InChI=1S/C39H36N2O3/c42-30-14-13-26-18-31-39(43)19-29-28-17-25-12-11-24-7-4-8-27(32(24)25)34(28)41(21-22-5-2-1-3-6-22)35(29)37-38(39,33(26)36(30)44-37)15-16-40(31)20-23-9-10-23/h1-8,13-14,17,23,31,37,42-43H,9-12,15-16,18-21H2/t31-,37?,38+,39?/m1/s1. The molecule has 0 amide bonds. The van der Waals surface area contributed by atoms with Crippen LogP contribution in [-0.2, 0) is 37.6 Å². The smallest absolute Gasteiger partial charge is 0.166 e. The fourth-order valence-corrected chi connectivity index (χ4v) is 10.6. The van der Waals surface area contributed by atoms with Crippen LogP contribution < -0.4 is 4.74 Å². The molecule has 2 fully saturated rings. The highest BCUT2D eigenvalue weighted by Gasteiger charge is 2.73. The van der Waals surface area contributed by atoms with E-state index in [0.717, 1.165) is 56.8 Å². The highest BCUT2D eigenvalue weighted by Crippen LogP contribution is 2.69. The molecule has 5 heteroatoms. The van der Waals surface area contributed by atoms with E-state index in [1.54, 1.807) is 0 Å². The molecule has 2 bridgehead atoms. The molecule has 2 unspecified atom stereocenters. The lowest BCUT2D eigenvalue weighted by atomic mass is 9.49. The lowest BCUT2D eigenvalue weighted by molar-refractivity contribution is -0.173. The Morgan fingerprint density at radius 3 is 2.64 bits per heavy atom. The molecule has 1 saturated carbocycles. The van der Waals surface area contributed by atoms with Gasteiger partial charge >= 0.3 is 0 Å². The van der Waals surface area contributed by atoms with Crippen molar-refractivity contribution in [3.8, 4) is 11.5 Å². The number of aliphatic hydroxyl groups is 1. The first-order valence-electron chi connectivity index (χ1n) is 16.7. The number of aromatic nitrogens is 1. The van der Waals surface area contributed by atoms with Crippen molar-refractivity contribution in [2.75, 3.05) is 13.1 Å². The first-order valence-corrected chi connectivity index (χ1v) is 16.7. The Kier molecular flexibility index (Phi) is 4.49. The Bertz CT molecular complexity index is 2080. The van der Waals surface area contributed by atoms with Crippen LogP contribution in [-0.4, -0.2) is 44.4 Å². The topological polar surface area (TPSA) is 57.9 Å². The third kappa shape index (κ3) is 2.81. The molecule has 1 aromatic heterocycles. The zero-order valence-electron chi connectivity index (χ0n) is 24.9. The van der Waals surface area contributed by atoms with Gasteiger partial charge < -0.3 is 19.5 Å². The number of benzene rings is 4. The molecule has 3 heterocycles. The first kappa shape index (κ1) is 24.5. The van der Waals surface area contributed by atoms with Gasteiger partial charge in [0.05, 0.1) is 22.2 Å². The second-order valence-electron chi connectivity index (χ2n) is 14.6. The highest BCUT2D eigenvalue weighted by atomic mass is 16.5. The van der Waals surface area contributed by atoms with Gasteiger partial charge in [-0.2, -0.15) is 0 Å². The number of nitrogens with zero attached hydrogens (tertiary/aromatic N) is 2. The number of phenols is 1. The summed E-state index contributed by atoms with van der Waals surface area (Å²) in [4.78, 5) is 2.63. The number of piperidine rings is 1. The van der Waals surface area contributed by atoms with Crippen molar-refractivity contribution in [1.29, 1.82) is 0 Å². The third-order valence-electron chi connectivity index (χ3n) is 12.6. The van der Waals surface area contributed by atoms with Crippen molar-refractivity contribution in [3.63, 3.8) is 0 Å². The summed E-state index contributed by atoms with van der Waals surface area (Å²) < 4.78 is 9.61. The summed E-state index contributed by atoms with van der Waals surface area (Å²) in [6, 6.07) is 24.0. The van der Waals surface area contributed by atoms with Crippen molar-refractivity contribution in [3.05, 3.63) is 106 Å². The van der Waals surface area contributed by atoms with E-state index in [4.69, 9.17) is 4.74 Å². The third-order valence-corrected chi connectivity index (χ3v) is 12.6. The van der Waals surface area contributed by atoms with E-state index >= 15 is 0 Å². The molecule has 4 atom stereocenters. The molecule has 5 aromatic rings. The van der Waals surface area contributed by atoms with E-state index < -0.39 is 11.0 Å². The minimum atomic E-state index is -0.979. The van der Waals surface area contributed by atoms with Gasteiger partial charge in [-0.3, -0.25) is 4.90 Å². The number of hydrogen-bond donors (Lipinski definition) is 2. The largest absolute Gasteiger partial charge is 0.504 e. The molecule has 44 heavy (non-hydrogen) atoms. The lowest BCUT2D eigenvalue weighted by Gasteiger charge is -2.63. The molecule has 2 N–H and O–H groups in total. The summed E-state index contributed by atoms with van der Waals surface area (Å²) in [6.07, 6.45) is 6.68. The van der Waals surface area contributed by atoms with Gasteiger partial charge in [-0.15, -0.1) is 0 Å². The number of hydrogen-bond acceptors (Lipinski definition) is 4. The van der Waals surface area contributed by atoms with E-state index in [2.05, 4.69) is 70.1 Å². The van der Waals surface area contributed by atoms with Crippen molar-refractivity contribution >= 4 is 21.7 Å². The summed E-state index contributed by atoms with van der Waals surface area (Å²) in [6.45, 7) is 2.78. The van der Waals surface area contributed by atoms with Gasteiger partial charge in [-0.1, -0.05) is 54.6 Å². The van der Waals surface area contributed by atoms with Crippen LogP contribution in [0.15, 0.2) is 66.7 Å². The molecule has 6 aliphatic rings. The summed E-state index contributed by atoms with van der Waals surface area (Å²) in [7, 11) is 0. The predicted molar refractivity (Wildman–Crippen MR) is 171 cm³/mol. The van der Waals surface area contributed by atoms with Gasteiger partial charge in [-0.25, -0.2) is 0 Å². The molecule has 220 valence electrons. The maximum Gasteiger partial charge on any atom is 0.166 e. The van der Waals surface area contributed by atoms with Gasteiger partial charge in [0.15, 0.2) is 17.6 Å². The average molecular weight is 581 g/mol. The quantitative estimate of drug-likeness (QED) is 0.260. The number of aryl methyl sites for hydroxylation is 2. The monoisotopic (exact) mass is 580 g/mol. The second-order valence-corrected chi connectivity index (χ2v) is 14.6. The zero-order chi connectivity index (χ0) is 28.9.